The minimum absolute atomic E-state index is 0.202. The fraction of sp³-hybridized carbons (Fsp3) is 0.417. The Labute approximate surface area is 88.7 Å². The zero-order valence-electron chi connectivity index (χ0n) is 8.43. The van der Waals surface area contributed by atoms with Gasteiger partial charge >= 0.3 is 5.97 Å². The van der Waals surface area contributed by atoms with E-state index in [0.717, 1.165) is 6.42 Å². The van der Waals surface area contributed by atoms with Crippen LogP contribution in [0.5, 0.6) is 0 Å². The molecule has 1 aliphatic rings. The molecule has 1 saturated carbocycles. The number of benzene rings is 1. The van der Waals surface area contributed by atoms with Gasteiger partial charge in [-0.1, -0.05) is 18.2 Å². The lowest BCUT2D eigenvalue weighted by atomic mass is 10.2. The molecule has 1 N–H and O–H groups in total. The monoisotopic (exact) mass is 206 g/mol. The fourth-order valence-electron chi connectivity index (χ4n) is 1.58. The average molecular weight is 206 g/mol. The van der Waals surface area contributed by atoms with Gasteiger partial charge in [-0.25, -0.2) is 4.79 Å². The highest BCUT2D eigenvalue weighted by Gasteiger charge is 2.37. The Morgan fingerprint density at radius 2 is 2.07 bits per heavy atom. The van der Waals surface area contributed by atoms with Crippen molar-refractivity contribution in [2.75, 3.05) is 13.2 Å². The molecule has 0 spiro atoms. The summed E-state index contributed by atoms with van der Waals surface area (Å²) in [5.41, 5.74) is 0.582. The Bertz CT molecular complexity index is 334. The van der Waals surface area contributed by atoms with E-state index in [1.807, 2.05) is 18.2 Å². The van der Waals surface area contributed by atoms with E-state index in [1.54, 1.807) is 12.1 Å². The van der Waals surface area contributed by atoms with Gasteiger partial charge in [0.15, 0.2) is 0 Å². The predicted octanol–water partition coefficient (Wildman–Crippen LogP) is 1.47. The lowest BCUT2D eigenvalue weighted by Gasteiger charge is -2.03. The normalized spacial score (nSPS) is 23.5. The van der Waals surface area contributed by atoms with Crippen LogP contribution in [0.2, 0.25) is 0 Å². The summed E-state index contributed by atoms with van der Waals surface area (Å²) in [6.45, 7) is 0.631. The van der Waals surface area contributed by atoms with Gasteiger partial charge in [-0.15, -0.1) is 0 Å². The second kappa shape index (κ2) is 4.45. The second-order valence-corrected chi connectivity index (χ2v) is 3.90. The van der Waals surface area contributed by atoms with Crippen LogP contribution < -0.4 is 0 Å². The molecule has 80 valence electrons. The van der Waals surface area contributed by atoms with Crippen LogP contribution in [0.1, 0.15) is 16.8 Å². The van der Waals surface area contributed by atoms with Crippen molar-refractivity contribution in [3.8, 4) is 0 Å². The topological polar surface area (TPSA) is 46.5 Å². The van der Waals surface area contributed by atoms with Crippen LogP contribution in [0.3, 0.4) is 0 Å². The predicted molar refractivity (Wildman–Crippen MR) is 55.4 cm³/mol. The molecule has 1 aliphatic carbocycles. The first-order chi connectivity index (χ1) is 7.31. The molecule has 0 radical (unpaired) electrons. The van der Waals surface area contributed by atoms with E-state index in [2.05, 4.69) is 0 Å². The van der Waals surface area contributed by atoms with E-state index in [1.165, 1.54) is 0 Å². The number of carbonyl (C=O) groups is 1. The number of hydrogen-bond donors (Lipinski definition) is 1. The maximum Gasteiger partial charge on any atom is 0.338 e. The third-order valence-electron chi connectivity index (χ3n) is 2.74. The molecular formula is C12H14O3. The average Bonchev–Trinajstić information content (AvgIpc) is 3.06. The molecule has 0 aromatic heterocycles. The molecule has 0 amide bonds. The molecule has 0 aliphatic heterocycles. The Morgan fingerprint density at radius 3 is 2.67 bits per heavy atom. The molecule has 0 bridgehead atoms. The molecule has 3 nitrogen and oxygen atoms in total. The van der Waals surface area contributed by atoms with Gasteiger partial charge in [-0.05, 0) is 30.4 Å². The van der Waals surface area contributed by atoms with Gasteiger partial charge in [0.1, 0.15) is 0 Å². The third-order valence-corrected chi connectivity index (χ3v) is 2.74. The molecular weight excluding hydrogens is 192 g/mol. The van der Waals surface area contributed by atoms with Gasteiger partial charge in [0.2, 0.25) is 0 Å². The van der Waals surface area contributed by atoms with E-state index in [9.17, 15) is 4.79 Å². The van der Waals surface area contributed by atoms with Gasteiger partial charge in [0.25, 0.3) is 0 Å². The first-order valence-electron chi connectivity index (χ1n) is 5.14. The van der Waals surface area contributed by atoms with Crippen LogP contribution in [0.15, 0.2) is 30.3 Å². The highest BCUT2D eigenvalue weighted by Crippen LogP contribution is 2.37. The van der Waals surface area contributed by atoms with Gasteiger partial charge in [0.05, 0.1) is 12.2 Å². The molecule has 2 atom stereocenters. The van der Waals surface area contributed by atoms with E-state index < -0.39 is 0 Å². The Morgan fingerprint density at radius 1 is 1.33 bits per heavy atom. The molecule has 0 unspecified atom stereocenters. The van der Waals surface area contributed by atoms with Crippen LogP contribution >= 0.6 is 0 Å². The quantitative estimate of drug-likeness (QED) is 0.759. The lowest BCUT2D eigenvalue weighted by Crippen LogP contribution is -2.08. The molecule has 2 rings (SSSR count). The van der Waals surface area contributed by atoms with Gasteiger partial charge < -0.3 is 9.84 Å². The van der Waals surface area contributed by atoms with Crippen molar-refractivity contribution in [3.63, 3.8) is 0 Å². The van der Waals surface area contributed by atoms with Crippen LogP contribution in [0.4, 0.5) is 0 Å². The number of aliphatic hydroxyl groups is 1. The summed E-state index contributed by atoms with van der Waals surface area (Å²) in [4.78, 5) is 11.5. The maximum atomic E-state index is 11.5. The summed E-state index contributed by atoms with van der Waals surface area (Å²) in [7, 11) is 0. The summed E-state index contributed by atoms with van der Waals surface area (Å²) < 4.78 is 5.13. The summed E-state index contributed by atoms with van der Waals surface area (Å²) in [5, 5.41) is 8.82. The Hall–Kier alpha value is -1.35. The van der Waals surface area contributed by atoms with Crippen molar-refractivity contribution in [2.45, 2.75) is 6.42 Å². The van der Waals surface area contributed by atoms with Crippen molar-refractivity contribution >= 4 is 5.97 Å². The van der Waals surface area contributed by atoms with Crippen molar-refractivity contribution in [1.82, 2.24) is 0 Å². The minimum atomic E-state index is -0.279. The summed E-state index contributed by atoms with van der Waals surface area (Å²) >= 11 is 0. The van der Waals surface area contributed by atoms with Crippen molar-refractivity contribution in [3.05, 3.63) is 35.9 Å². The van der Waals surface area contributed by atoms with E-state index in [-0.39, 0.29) is 12.6 Å². The molecule has 3 heteroatoms. The van der Waals surface area contributed by atoms with Crippen molar-refractivity contribution in [2.24, 2.45) is 11.8 Å². The fourth-order valence-corrected chi connectivity index (χ4v) is 1.58. The number of hydrogen-bond acceptors (Lipinski definition) is 3. The molecule has 1 aromatic carbocycles. The van der Waals surface area contributed by atoms with Crippen molar-refractivity contribution < 1.29 is 14.6 Å². The first kappa shape index (κ1) is 10.2. The largest absolute Gasteiger partial charge is 0.462 e. The molecule has 15 heavy (non-hydrogen) atoms. The zero-order valence-corrected chi connectivity index (χ0v) is 8.43. The zero-order chi connectivity index (χ0) is 10.7. The Balaban J connectivity index is 1.79. The van der Waals surface area contributed by atoms with Crippen molar-refractivity contribution in [1.29, 1.82) is 0 Å². The lowest BCUT2D eigenvalue weighted by molar-refractivity contribution is 0.0475. The highest BCUT2D eigenvalue weighted by molar-refractivity contribution is 5.89. The van der Waals surface area contributed by atoms with Crippen LogP contribution in [-0.2, 0) is 4.74 Å². The highest BCUT2D eigenvalue weighted by atomic mass is 16.5. The number of esters is 1. The van der Waals surface area contributed by atoms with Crippen LogP contribution in [0.25, 0.3) is 0 Å². The summed E-state index contributed by atoms with van der Waals surface area (Å²) in [5.74, 6) is 0.426. The van der Waals surface area contributed by atoms with E-state index in [0.29, 0.717) is 24.0 Å². The Kier molecular flexibility index (Phi) is 3.02. The molecule has 1 aromatic rings. The summed E-state index contributed by atoms with van der Waals surface area (Å²) in [6.07, 6.45) is 0.971. The van der Waals surface area contributed by atoms with Crippen LogP contribution in [0, 0.1) is 11.8 Å². The molecule has 0 saturated heterocycles. The maximum absolute atomic E-state index is 11.5. The van der Waals surface area contributed by atoms with Gasteiger partial charge in [0, 0.05) is 6.61 Å². The van der Waals surface area contributed by atoms with E-state index in [4.69, 9.17) is 9.84 Å². The number of carbonyl (C=O) groups excluding carboxylic acids is 1. The second-order valence-electron chi connectivity index (χ2n) is 3.90. The number of aliphatic hydroxyl groups excluding tert-OH is 1. The third kappa shape index (κ3) is 2.57. The smallest absolute Gasteiger partial charge is 0.338 e. The van der Waals surface area contributed by atoms with Gasteiger partial charge in [-0.2, -0.15) is 0 Å². The van der Waals surface area contributed by atoms with E-state index >= 15 is 0 Å². The number of rotatable bonds is 4. The molecule has 1 fully saturated rings. The minimum Gasteiger partial charge on any atom is -0.462 e. The standard InChI is InChI=1S/C12H14O3/c13-7-10-6-11(10)8-15-12(14)9-4-2-1-3-5-9/h1-5,10-11,13H,6-8H2/t10-,11+/m0/s1. The number of ether oxygens (including phenoxy) is 1. The molecule has 0 heterocycles. The SMILES string of the molecule is O=C(OC[C@H]1C[C@H]1CO)c1ccccc1. The summed E-state index contributed by atoms with van der Waals surface area (Å²) in [6, 6.07) is 8.95. The van der Waals surface area contributed by atoms with Gasteiger partial charge in [-0.3, -0.25) is 0 Å². The first-order valence-corrected chi connectivity index (χ1v) is 5.14. The van der Waals surface area contributed by atoms with Crippen LogP contribution in [-0.4, -0.2) is 24.3 Å².